The lowest BCUT2D eigenvalue weighted by atomic mass is 10.1. The Kier molecular flexibility index (Phi) is 6.19. The van der Waals surface area contributed by atoms with Crippen LogP contribution in [0.2, 0.25) is 5.02 Å². The van der Waals surface area contributed by atoms with E-state index in [1.54, 1.807) is 0 Å². The Balaban J connectivity index is 1.49. The Morgan fingerprint density at radius 2 is 1.75 bits per heavy atom. The summed E-state index contributed by atoms with van der Waals surface area (Å²) in [5.41, 5.74) is 2.91. The monoisotopic (exact) mass is 465 g/mol. The maximum Gasteiger partial charge on any atom is 0.233 e. The standard InChI is InChI=1S/C24H24ClN5OS/c25-17-9-11-18(12-10-17)30-23(20-15-26-21-8-4-3-7-19(20)21)27-28-24(30)32-16-22(31)29-13-5-1-2-6-14-29/h3-4,7-12,15,26H,1-2,5-6,13-14,16H2. The molecule has 4 aromatic rings. The van der Waals surface area contributed by atoms with Crippen LogP contribution in [-0.2, 0) is 4.79 Å². The van der Waals surface area contributed by atoms with Crippen molar-refractivity contribution < 1.29 is 4.79 Å². The van der Waals surface area contributed by atoms with E-state index in [9.17, 15) is 4.79 Å². The van der Waals surface area contributed by atoms with Gasteiger partial charge in [-0.1, -0.05) is 54.4 Å². The van der Waals surface area contributed by atoms with Gasteiger partial charge in [0.25, 0.3) is 0 Å². The molecule has 0 radical (unpaired) electrons. The first-order valence-corrected chi connectivity index (χ1v) is 12.3. The van der Waals surface area contributed by atoms with Crippen LogP contribution >= 0.6 is 23.4 Å². The van der Waals surface area contributed by atoms with Crippen molar-refractivity contribution in [2.75, 3.05) is 18.8 Å². The molecule has 5 rings (SSSR count). The second-order valence-corrected chi connectivity index (χ2v) is 9.33. The number of carbonyl (C=O) groups excluding carboxylic acids is 1. The Morgan fingerprint density at radius 1 is 1.00 bits per heavy atom. The Morgan fingerprint density at radius 3 is 2.53 bits per heavy atom. The van der Waals surface area contributed by atoms with Gasteiger partial charge >= 0.3 is 0 Å². The molecule has 1 aliphatic rings. The van der Waals surface area contributed by atoms with Crippen LogP contribution in [0.5, 0.6) is 0 Å². The highest BCUT2D eigenvalue weighted by molar-refractivity contribution is 7.99. The van der Waals surface area contributed by atoms with Gasteiger partial charge < -0.3 is 9.88 Å². The number of H-pyrrole nitrogens is 1. The van der Waals surface area contributed by atoms with E-state index in [2.05, 4.69) is 21.2 Å². The summed E-state index contributed by atoms with van der Waals surface area (Å²) in [5.74, 6) is 1.24. The zero-order valence-corrected chi connectivity index (χ0v) is 19.2. The molecule has 6 nitrogen and oxygen atoms in total. The van der Waals surface area contributed by atoms with Crippen molar-refractivity contribution in [2.24, 2.45) is 0 Å². The molecule has 164 valence electrons. The summed E-state index contributed by atoms with van der Waals surface area (Å²) in [6, 6.07) is 15.7. The SMILES string of the molecule is O=C(CSc1nnc(-c2c[nH]c3ccccc23)n1-c1ccc(Cl)cc1)N1CCCCCC1. The topological polar surface area (TPSA) is 66.8 Å². The zero-order chi connectivity index (χ0) is 21.9. The van der Waals surface area contributed by atoms with Crippen molar-refractivity contribution in [3.63, 3.8) is 0 Å². The second-order valence-electron chi connectivity index (χ2n) is 7.95. The molecule has 32 heavy (non-hydrogen) atoms. The molecule has 3 heterocycles. The number of aromatic nitrogens is 4. The normalized spacial score (nSPS) is 14.6. The van der Waals surface area contributed by atoms with Gasteiger partial charge in [0.15, 0.2) is 11.0 Å². The largest absolute Gasteiger partial charge is 0.360 e. The molecule has 1 amide bonds. The summed E-state index contributed by atoms with van der Waals surface area (Å²) in [6.07, 6.45) is 6.54. The smallest absolute Gasteiger partial charge is 0.233 e. The number of likely N-dealkylation sites (tertiary alicyclic amines) is 1. The fourth-order valence-electron chi connectivity index (χ4n) is 4.15. The molecular formula is C24H24ClN5OS. The van der Waals surface area contributed by atoms with E-state index in [4.69, 9.17) is 11.6 Å². The fraction of sp³-hybridized carbons (Fsp3) is 0.292. The van der Waals surface area contributed by atoms with Crippen molar-refractivity contribution in [1.82, 2.24) is 24.6 Å². The molecule has 1 saturated heterocycles. The lowest BCUT2D eigenvalue weighted by molar-refractivity contribution is -0.128. The van der Waals surface area contributed by atoms with Crippen LogP contribution in [0.1, 0.15) is 25.7 Å². The quantitative estimate of drug-likeness (QED) is 0.391. The van der Waals surface area contributed by atoms with Gasteiger partial charge in [0.05, 0.1) is 5.75 Å². The summed E-state index contributed by atoms with van der Waals surface area (Å²) in [6.45, 7) is 1.70. The number of thioether (sulfide) groups is 1. The number of rotatable bonds is 5. The molecule has 0 atom stereocenters. The third kappa shape index (κ3) is 4.27. The number of hydrogen-bond acceptors (Lipinski definition) is 4. The fourth-order valence-corrected chi connectivity index (χ4v) is 5.14. The van der Waals surface area contributed by atoms with Gasteiger partial charge in [-0.2, -0.15) is 0 Å². The van der Waals surface area contributed by atoms with E-state index in [-0.39, 0.29) is 5.91 Å². The minimum atomic E-state index is 0.163. The first-order valence-electron chi connectivity index (χ1n) is 10.9. The van der Waals surface area contributed by atoms with E-state index >= 15 is 0 Å². The molecule has 1 N–H and O–H groups in total. The minimum absolute atomic E-state index is 0.163. The third-order valence-electron chi connectivity index (χ3n) is 5.83. The predicted molar refractivity (Wildman–Crippen MR) is 129 cm³/mol. The predicted octanol–water partition coefficient (Wildman–Crippen LogP) is 5.56. The van der Waals surface area contributed by atoms with Gasteiger partial charge in [0, 0.05) is 46.5 Å². The van der Waals surface area contributed by atoms with Crippen molar-refractivity contribution in [3.8, 4) is 17.1 Å². The number of para-hydroxylation sites is 1. The van der Waals surface area contributed by atoms with E-state index in [0.717, 1.165) is 53.9 Å². The zero-order valence-electron chi connectivity index (χ0n) is 17.6. The summed E-state index contributed by atoms with van der Waals surface area (Å²) in [7, 11) is 0. The molecular weight excluding hydrogens is 442 g/mol. The maximum atomic E-state index is 12.9. The van der Waals surface area contributed by atoms with Crippen LogP contribution in [0.4, 0.5) is 0 Å². The van der Waals surface area contributed by atoms with Crippen LogP contribution < -0.4 is 0 Å². The highest BCUT2D eigenvalue weighted by Crippen LogP contribution is 2.33. The number of halogens is 1. The van der Waals surface area contributed by atoms with Crippen LogP contribution in [0.25, 0.3) is 28.0 Å². The van der Waals surface area contributed by atoms with Gasteiger partial charge in [-0.25, -0.2) is 0 Å². The Bertz CT molecular complexity index is 1220. The number of carbonyl (C=O) groups is 1. The average Bonchev–Trinajstić information content (AvgIpc) is 3.32. The van der Waals surface area contributed by atoms with Crippen LogP contribution in [0.15, 0.2) is 59.9 Å². The number of aromatic amines is 1. The molecule has 0 spiro atoms. The minimum Gasteiger partial charge on any atom is -0.360 e. The third-order valence-corrected chi connectivity index (χ3v) is 7.00. The van der Waals surface area contributed by atoms with Crippen LogP contribution in [-0.4, -0.2) is 49.4 Å². The maximum absolute atomic E-state index is 12.9. The van der Waals surface area contributed by atoms with Crippen LogP contribution in [0.3, 0.4) is 0 Å². The molecule has 0 aliphatic carbocycles. The van der Waals surface area contributed by atoms with Crippen LogP contribution in [0, 0.1) is 0 Å². The van der Waals surface area contributed by atoms with Crippen molar-refractivity contribution in [1.29, 1.82) is 0 Å². The molecule has 2 aromatic heterocycles. The van der Waals surface area contributed by atoms with E-state index < -0.39 is 0 Å². The number of amides is 1. The highest BCUT2D eigenvalue weighted by Gasteiger charge is 2.21. The first-order chi connectivity index (χ1) is 15.7. The Hall–Kier alpha value is -2.77. The lowest BCUT2D eigenvalue weighted by Crippen LogP contribution is -2.33. The lowest BCUT2D eigenvalue weighted by Gasteiger charge is -2.20. The summed E-state index contributed by atoms with van der Waals surface area (Å²) in [4.78, 5) is 18.2. The number of hydrogen-bond donors (Lipinski definition) is 1. The summed E-state index contributed by atoms with van der Waals surface area (Å²) < 4.78 is 2.01. The second kappa shape index (κ2) is 9.38. The van der Waals surface area contributed by atoms with Gasteiger partial charge in [0.1, 0.15) is 0 Å². The van der Waals surface area contributed by atoms with Gasteiger partial charge in [-0.05, 0) is 43.2 Å². The number of nitrogens with one attached hydrogen (secondary N) is 1. The molecule has 0 unspecified atom stereocenters. The van der Waals surface area contributed by atoms with E-state index in [0.29, 0.717) is 15.9 Å². The Labute approximate surface area is 196 Å². The van der Waals surface area contributed by atoms with Crippen molar-refractivity contribution >= 4 is 40.2 Å². The van der Waals surface area contributed by atoms with Gasteiger partial charge in [0.2, 0.25) is 5.91 Å². The number of fused-ring (bicyclic) bond motifs is 1. The first kappa shape index (κ1) is 21.1. The summed E-state index contributed by atoms with van der Waals surface area (Å²) >= 11 is 7.56. The van der Waals surface area contributed by atoms with Gasteiger partial charge in [-0.3, -0.25) is 9.36 Å². The molecule has 0 saturated carbocycles. The highest BCUT2D eigenvalue weighted by atomic mass is 35.5. The average molecular weight is 466 g/mol. The van der Waals surface area contributed by atoms with Crippen molar-refractivity contribution in [3.05, 3.63) is 59.8 Å². The molecule has 1 aliphatic heterocycles. The summed E-state index contributed by atoms with van der Waals surface area (Å²) in [5, 5.41) is 11.4. The molecule has 1 fully saturated rings. The van der Waals surface area contributed by atoms with Gasteiger partial charge in [-0.15, -0.1) is 10.2 Å². The molecule has 0 bridgehead atoms. The van der Waals surface area contributed by atoms with E-state index in [1.165, 1.54) is 24.6 Å². The van der Waals surface area contributed by atoms with Crippen molar-refractivity contribution in [2.45, 2.75) is 30.8 Å². The molecule has 8 heteroatoms. The van der Waals surface area contributed by atoms with E-state index in [1.807, 2.05) is 58.1 Å². The molecule has 2 aromatic carbocycles. The number of nitrogens with zero attached hydrogens (tertiary/aromatic N) is 4. The number of benzene rings is 2.